The Morgan fingerprint density at radius 1 is 1.11 bits per heavy atom. The van der Waals surface area contributed by atoms with E-state index in [4.69, 9.17) is 11.6 Å². The van der Waals surface area contributed by atoms with Crippen LogP contribution in [-0.4, -0.2) is 12.9 Å². The van der Waals surface area contributed by atoms with Crippen molar-refractivity contribution in [1.82, 2.24) is 0 Å². The number of hydrogen-bond donors (Lipinski definition) is 0. The van der Waals surface area contributed by atoms with Gasteiger partial charge < -0.3 is 0 Å². The van der Waals surface area contributed by atoms with Crippen LogP contribution in [0, 0.1) is 0 Å². The summed E-state index contributed by atoms with van der Waals surface area (Å²) in [6, 6.07) is 3.74. The minimum Gasteiger partial charge on any atom is -0.232 e. The van der Waals surface area contributed by atoms with Crippen LogP contribution in [0.1, 0.15) is 11.1 Å². The molecule has 0 spiro atoms. The second-order valence-corrected chi connectivity index (χ2v) is 5.87. The summed E-state index contributed by atoms with van der Waals surface area (Å²) in [6.45, 7) is 0. The van der Waals surface area contributed by atoms with E-state index < -0.39 is 26.1 Å². The van der Waals surface area contributed by atoms with Gasteiger partial charge in [0, 0.05) is 6.20 Å². The lowest BCUT2D eigenvalue weighted by Crippen LogP contribution is -2.07. The summed E-state index contributed by atoms with van der Waals surface area (Å²) in [5.41, 5.74) is -0.739. The molecule has 0 saturated carbocycles. The molecule has 0 fully saturated rings. The first-order chi connectivity index (χ1) is 8.23. The molecule has 1 aliphatic heterocycles. The van der Waals surface area contributed by atoms with E-state index in [1.165, 1.54) is 0 Å². The Bertz CT molecular complexity index is 645. The van der Waals surface area contributed by atoms with E-state index in [9.17, 15) is 21.6 Å². The third-order valence-electron chi connectivity index (χ3n) is 2.29. The zero-order chi connectivity index (χ0) is 13.6. The first kappa shape index (κ1) is 13.1. The van der Waals surface area contributed by atoms with Crippen LogP contribution >= 0.6 is 11.6 Å². The third-order valence-corrected chi connectivity index (χ3v) is 4.47. The Balaban J connectivity index is 2.40. The Morgan fingerprint density at radius 2 is 1.67 bits per heavy atom. The molecule has 8 heteroatoms. The minimum atomic E-state index is -4.46. The topological polar surface area (TPSA) is 46.5 Å². The standard InChI is InChI=1S/C10H5ClF3NO2S/c11-9-15-5-8(18(9,16)17)6-1-3-7(4-2-6)10(12,13)14/h1-5H. The van der Waals surface area contributed by atoms with Gasteiger partial charge in [0.25, 0.3) is 0 Å². The average molecular weight is 296 g/mol. The van der Waals surface area contributed by atoms with Crippen LogP contribution in [0.15, 0.2) is 35.5 Å². The smallest absolute Gasteiger partial charge is 0.232 e. The molecule has 1 aliphatic rings. The zero-order valence-corrected chi connectivity index (χ0v) is 10.1. The molecule has 0 N–H and O–H groups in total. The van der Waals surface area contributed by atoms with Gasteiger partial charge >= 0.3 is 6.18 Å². The van der Waals surface area contributed by atoms with Crippen molar-refractivity contribution in [3.63, 3.8) is 0 Å². The van der Waals surface area contributed by atoms with E-state index in [2.05, 4.69) is 4.99 Å². The van der Waals surface area contributed by atoms with E-state index in [1.54, 1.807) is 0 Å². The van der Waals surface area contributed by atoms with Gasteiger partial charge in [0.2, 0.25) is 14.3 Å². The van der Waals surface area contributed by atoms with Crippen LogP contribution in [0.2, 0.25) is 0 Å². The predicted octanol–water partition coefficient (Wildman–Crippen LogP) is 3.03. The lowest BCUT2D eigenvalue weighted by atomic mass is 10.1. The summed E-state index contributed by atoms with van der Waals surface area (Å²) in [4.78, 5) is 3.22. The Hall–Kier alpha value is -1.34. The maximum atomic E-state index is 12.3. The molecular formula is C10H5ClF3NO2S. The first-order valence-corrected chi connectivity index (χ1v) is 6.45. The normalized spacial score (nSPS) is 18.4. The van der Waals surface area contributed by atoms with Crippen LogP contribution in [-0.2, 0) is 16.0 Å². The Kier molecular flexibility index (Phi) is 2.98. The van der Waals surface area contributed by atoms with Gasteiger partial charge in [0.15, 0.2) is 0 Å². The van der Waals surface area contributed by atoms with Crippen molar-refractivity contribution in [1.29, 1.82) is 0 Å². The summed E-state index contributed by atoms with van der Waals surface area (Å²) in [6.07, 6.45) is -3.45. The molecule has 0 atom stereocenters. The van der Waals surface area contributed by atoms with Gasteiger partial charge in [-0.2, -0.15) is 13.2 Å². The zero-order valence-electron chi connectivity index (χ0n) is 8.57. The minimum absolute atomic E-state index is 0.113. The molecule has 0 aliphatic carbocycles. The number of sulfone groups is 1. The van der Waals surface area contributed by atoms with Gasteiger partial charge in [-0.1, -0.05) is 12.1 Å². The van der Waals surface area contributed by atoms with Crippen molar-refractivity contribution < 1.29 is 21.6 Å². The Labute approximate surface area is 106 Å². The monoisotopic (exact) mass is 295 g/mol. The molecule has 96 valence electrons. The van der Waals surface area contributed by atoms with Gasteiger partial charge in [0.05, 0.1) is 10.5 Å². The highest BCUT2D eigenvalue weighted by Gasteiger charge is 2.32. The van der Waals surface area contributed by atoms with Crippen molar-refractivity contribution >= 4 is 30.8 Å². The quantitative estimate of drug-likeness (QED) is 0.799. The summed E-state index contributed by atoms with van der Waals surface area (Å²) in [5.74, 6) is 0. The van der Waals surface area contributed by atoms with E-state index in [0.29, 0.717) is 0 Å². The van der Waals surface area contributed by atoms with Crippen LogP contribution in [0.5, 0.6) is 0 Å². The number of alkyl halides is 3. The maximum Gasteiger partial charge on any atom is 0.416 e. The van der Waals surface area contributed by atoms with Crippen LogP contribution in [0.3, 0.4) is 0 Å². The lowest BCUT2D eigenvalue weighted by molar-refractivity contribution is -0.137. The Morgan fingerprint density at radius 3 is 2.06 bits per heavy atom. The summed E-state index contributed by atoms with van der Waals surface area (Å²) < 4.78 is 59.7. The second kappa shape index (κ2) is 4.10. The predicted molar refractivity (Wildman–Crippen MR) is 61.6 cm³/mol. The summed E-state index contributed by atoms with van der Waals surface area (Å²) in [7, 11) is -3.87. The van der Waals surface area contributed by atoms with E-state index in [-0.39, 0.29) is 10.5 Å². The molecule has 18 heavy (non-hydrogen) atoms. The van der Waals surface area contributed by atoms with Crippen LogP contribution < -0.4 is 0 Å². The molecule has 1 aromatic carbocycles. The lowest BCUT2D eigenvalue weighted by Gasteiger charge is -2.07. The fraction of sp³-hybridized carbons (Fsp3) is 0.100. The molecule has 2 rings (SSSR count). The number of rotatable bonds is 1. The molecule has 1 aromatic rings. The highest BCUT2D eigenvalue weighted by Crippen LogP contribution is 2.33. The van der Waals surface area contributed by atoms with Crippen molar-refractivity contribution in [2.75, 3.05) is 0 Å². The molecule has 0 saturated heterocycles. The molecule has 3 nitrogen and oxygen atoms in total. The SMILES string of the molecule is O=S1(=O)C(c2ccc(C(F)(F)F)cc2)=CN=C1Cl. The number of halogens is 4. The molecule has 0 aromatic heterocycles. The molecule has 0 unspecified atom stereocenters. The van der Waals surface area contributed by atoms with Gasteiger partial charge in [0.1, 0.15) is 0 Å². The molecule has 0 radical (unpaired) electrons. The highest BCUT2D eigenvalue weighted by atomic mass is 35.5. The van der Waals surface area contributed by atoms with Crippen molar-refractivity contribution in [2.45, 2.75) is 6.18 Å². The first-order valence-electron chi connectivity index (χ1n) is 4.59. The molecule has 0 amide bonds. The number of aliphatic imine (C=N–C) groups is 1. The highest BCUT2D eigenvalue weighted by molar-refractivity contribution is 8.17. The van der Waals surface area contributed by atoms with Crippen LogP contribution in [0.25, 0.3) is 4.91 Å². The number of hydrogen-bond acceptors (Lipinski definition) is 3. The summed E-state index contributed by atoms with van der Waals surface area (Å²) in [5, 5.41) is 0. The van der Waals surface area contributed by atoms with Gasteiger partial charge in [-0.05, 0) is 29.3 Å². The molecule has 0 bridgehead atoms. The average Bonchev–Trinajstić information content (AvgIpc) is 2.53. The fourth-order valence-electron chi connectivity index (χ4n) is 1.39. The maximum absolute atomic E-state index is 12.3. The van der Waals surface area contributed by atoms with Crippen molar-refractivity contribution in [3.05, 3.63) is 41.6 Å². The third kappa shape index (κ3) is 2.15. The van der Waals surface area contributed by atoms with E-state index >= 15 is 0 Å². The number of benzene rings is 1. The number of nitrogens with zero attached hydrogens (tertiary/aromatic N) is 1. The van der Waals surface area contributed by atoms with Crippen LogP contribution in [0.4, 0.5) is 13.2 Å². The van der Waals surface area contributed by atoms with E-state index in [0.717, 1.165) is 30.5 Å². The van der Waals surface area contributed by atoms with Crippen molar-refractivity contribution in [2.24, 2.45) is 4.99 Å². The van der Waals surface area contributed by atoms with Gasteiger partial charge in [-0.25, -0.2) is 13.4 Å². The van der Waals surface area contributed by atoms with E-state index in [1.807, 2.05) is 0 Å². The fourth-order valence-corrected chi connectivity index (χ4v) is 2.70. The molecule has 1 heterocycles. The van der Waals surface area contributed by atoms with Gasteiger partial charge in [-0.3, -0.25) is 0 Å². The summed E-state index contributed by atoms with van der Waals surface area (Å²) >= 11 is 5.38. The van der Waals surface area contributed by atoms with Crippen molar-refractivity contribution in [3.8, 4) is 0 Å². The second-order valence-electron chi connectivity index (χ2n) is 3.45. The molecular weight excluding hydrogens is 291 g/mol. The van der Waals surface area contributed by atoms with Gasteiger partial charge in [-0.15, -0.1) is 0 Å². The largest absolute Gasteiger partial charge is 0.416 e.